The Balaban J connectivity index is 0.977. The lowest BCUT2D eigenvalue weighted by atomic mass is 9.11. The van der Waals surface area contributed by atoms with Gasteiger partial charge in [-0.2, -0.15) is 10.5 Å². The van der Waals surface area contributed by atoms with Crippen molar-refractivity contribution < 1.29 is 0 Å². The fourth-order valence-electron chi connectivity index (χ4n) is 12.1. The van der Waals surface area contributed by atoms with Crippen molar-refractivity contribution in [3.63, 3.8) is 0 Å². The molecule has 0 amide bonds. The number of aromatic nitrogens is 3. The maximum absolute atomic E-state index is 10.9. The summed E-state index contributed by atoms with van der Waals surface area (Å²) in [7, 11) is 0. The molecule has 4 fully saturated rings. The number of benzene rings is 6. The van der Waals surface area contributed by atoms with E-state index in [1.165, 1.54) is 19.3 Å². The first-order valence-electron chi connectivity index (χ1n) is 21.1. The number of amidine groups is 2. The zero-order valence-corrected chi connectivity index (χ0v) is 33.1. The molecule has 6 aromatic carbocycles. The molecule has 2 heterocycles. The lowest BCUT2D eigenvalue weighted by Crippen LogP contribution is -2.89. The minimum atomic E-state index is -0.613. The second kappa shape index (κ2) is 13.5. The van der Waals surface area contributed by atoms with Crippen molar-refractivity contribution in [2.24, 2.45) is 39.1 Å². The van der Waals surface area contributed by atoms with Crippen molar-refractivity contribution in [2.75, 3.05) is 0 Å². The third kappa shape index (κ3) is 5.06. The van der Waals surface area contributed by atoms with Crippen molar-refractivity contribution >= 4 is 11.7 Å². The van der Waals surface area contributed by atoms with E-state index in [0.29, 0.717) is 63.1 Å². The van der Waals surface area contributed by atoms with Gasteiger partial charge >= 0.3 is 0 Å². The monoisotopic (exact) mass is 786 g/mol. The van der Waals surface area contributed by atoms with Gasteiger partial charge in [-0.3, -0.25) is 0 Å². The van der Waals surface area contributed by atoms with E-state index < -0.39 is 6.17 Å². The predicted octanol–water partition coefficient (Wildman–Crippen LogP) is 10.1. The van der Waals surface area contributed by atoms with Crippen molar-refractivity contribution in [1.82, 2.24) is 20.3 Å². The van der Waals surface area contributed by atoms with E-state index in [0.717, 1.165) is 50.8 Å². The Bertz CT molecular complexity index is 2900. The smallest absolute Gasteiger partial charge is 0.171 e. The van der Waals surface area contributed by atoms with Crippen LogP contribution in [0.15, 0.2) is 168 Å². The predicted molar refractivity (Wildman–Crippen MR) is 235 cm³/mol. The number of nitrogens with one attached hydrogen (secondary N) is 1. The van der Waals surface area contributed by atoms with E-state index in [2.05, 4.69) is 47.8 Å². The van der Waals surface area contributed by atoms with E-state index >= 15 is 0 Å². The summed E-state index contributed by atoms with van der Waals surface area (Å²) in [4.78, 5) is 25.0. The molecule has 1 aromatic heterocycles. The van der Waals surface area contributed by atoms with E-state index in [1.807, 2.05) is 127 Å². The summed E-state index contributed by atoms with van der Waals surface area (Å²) in [6.07, 6.45) is 3.05. The highest BCUT2D eigenvalue weighted by Gasteiger charge is 2.89. The van der Waals surface area contributed by atoms with E-state index in [-0.39, 0.29) is 5.41 Å². The zero-order chi connectivity index (χ0) is 40.7. The number of nitriles is 2. The fraction of sp³-hybridized carbons (Fsp3) is 0.189. The zero-order valence-electron chi connectivity index (χ0n) is 33.1. The van der Waals surface area contributed by atoms with Gasteiger partial charge in [0, 0.05) is 38.8 Å². The summed E-state index contributed by atoms with van der Waals surface area (Å²) >= 11 is 0. The Hall–Kier alpha value is -7.55. The second-order valence-electron chi connectivity index (χ2n) is 17.1. The van der Waals surface area contributed by atoms with Crippen molar-refractivity contribution in [2.45, 2.75) is 30.8 Å². The first-order valence-corrected chi connectivity index (χ1v) is 21.1. The Kier molecular flexibility index (Phi) is 7.83. The van der Waals surface area contributed by atoms with Crippen LogP contribution in [0.2, 0.25) is 0 Å². The minimum absolute atomic E-state index is 0.323. The van der Waals surface area contributed by atoms with Crippen molar-refractivity contribution in [3.05, 3.63) is 197 Å². The summed E-state index contributed by atoms with van der Waals surface area (Å²) in [5.41, 5.74) is 8.53. The molecule has 4 aliphatic carbocycles. The van der Waals surface area contributed by atoms with Crippen LogP contribution in [-0.4, -0.2) is 26.6 Å². The van der Waals surface area contributed by atoms with Gasteiger partial charge < -0.3 is 5.32 Å². The number of hydrogen-bond donors (Lipinski definition) is 1. The lowest BCUT2D eigenvalue weighted by Gasteiger charge is -2.92. The van der Waals surface area contributed by atoms with Crippen LogP contribution in [-0.2, 0) is 5.41 Å². The fourth-order valence-corrected chi connectivity index (χ4v) is 12.1. The second-order valence-corrected chi connectivity index (χ2v) is 17.1. The van der Waals surface area contributed by atoms with Gasteiger partial charge in [0.1, 0.15) is 11.7 Å². The van der Waals surface area contributed by atoms with Crippen LogP contribution in [0, 0.1) is 51.7 Å². The molecule has 61 heavy (non-hydrogen) atoms. The molecular weight excluding hydrogens is 749 g/mol. The van der Waals surface area contributed by atoms with Crippen LogP contribution in [0.25, 0.3) is 34.2 Å². The SMILES string of the molecule is N#Cc1cc(C2(c3ccc(C4N=C(c5ccccc5)NC(c5ccccc5)=N4)c(C#N)c3)C3CC4CC5CC2C453)ccc1-c1nc(-c2ccccc2)nc(-c2ccccc2)n1. The summed E-state index contributed by atoms with van der Waals surface area (Å²) in [6, 6.07) is 57.8. The summed E-state index contributed by atoms with van der Waals surface area (Å²) < 4.78 is 0. The molecule has 1 spiro atoms. The normalized spacial score (nSPS) is 25.2. The third-order valence-corrected chi connectivity index (χ3v) is 14.7. The van der Waals surface area contributed by atoms with Gasteiger partial charge in [-0.25, -0.2) is 24.9 Å². The molecule has 8 nitrogen and oxygen atoms in total. The molecule has 12 rings (SSSR count). The maximum Gasteiger partial charge on any atom is 0.171 e. The van der Waals surface area contributed by atoms with Crippen molar-refractivity contribution in [1.29, 1.82) is 10.5 Å². The number of hydrogen-bond acceptors (Lipinski definition) is 8. The molecule has 0 radical (unpaired) electrons. The van der Waals surface area contributed by atoms with Crippen LogP contribution >= 0.6 is 0 Å². The molecule has 0 bridgehead atoms. The lowest BCUT2D eigenvalue weighted by molar-refractivity contribution is -0.413. The molecule has 4 unspecified atom stereocenters. The Morgan fingerprint density at radius 1 is 0.492 bits per heavy atom. The molecule has 7 aromatic rings. The third-order valence-electron chi connectivity index (χ3n) is 14.7. The average Bonchev–Trinajstić information content (AvgIpc) is 3.31. The summed E-state index contributed by atoms with van der Waals surface area (Å²) in [5, 5.41) is 25.3. The molecular formula is C53H38N8. The first kappa shape index (κ1) is 35.4. The van der Waals surface area contributed by atoms with Crippen LogP contribution in [0.3, 0.4) is 0 Å². The van der Waals surface area contributed by atoms with Crippen LogP contribution < -0.4 is 5.32 Å². The molecule has 0 saturated heterocycles. The molecule has 8 heteroatoms. The van der Waals surface area contributed by atoms with E-state index in [4.69, 9.17) is 24.9 Å². The van der Waals surface area contributed by atoms with E-state index in [9.17, 15) is 10.5 Å². The van der Waals surface area contributed by atoms with Crippen LogP contribution in [0.4, 0.5) is 0 Å². The highest BCUT2D eigenvalue weighted by atomic mass is 15.2. The Morgan fingerprint density at radius 2 is 0.951 bits per heavy atom. The van der Waals surface area contributed by atoms with Gasteiger partial charge in [0.25, 0.3) is 0 Å². The van der Waals surface area contributed by atoms with Crippen LogP contribution in [0.1, 0.15) is 64.4 Å². The van der Waals surface area contributed by atoms with Crippen LogP contribution in [0.5, 0.6) is 0 Å². The van der Waals surface area contributed by atoms with Gasteiger partial charge in [-0.05, 0) is 77.7 Å². The number of aliphatic imine (C=N–C) groups is 2. The summed E-state index contributed by atoms with van der Waals surface area (Å²) in [5.74, 6) is 5.46. The Morgan fingerprint density at radius 3 is 1.44 bits per heavy atom. The molecule has 290 valence electrons. The number of nitrogens with zero attached hydrogens (tertiary/aromatic N) is 7. The molecule has 1 N–H and O–H groups in total. The van der Waals surface area contributed by atoms with Gasteiger partial charge in [0.15, 0.2) is 23.6 Å². The van der Waals surface area contributed by atoms with Gasteiger partial charge in [-0.15, -0.1) is 0 Å². The highest BCUT2D eigenvalue weighted by molar-refractivity contribution is 6.15. The van der Waals surface area contributed by atoms with Gasteiger partial charge in [-0.1, -0.05) is 140 Å². The largest absolute Gasteiger partial charge is 0.324 e. The van der Waals surface area contributed by atoms with Crippen molar-refractivity contribution in [3.8, 4) is 46.3 Å². The molecule has 1 aliphatic heterocycles. The first-order chi connectivity index (χ1) is 30.1. The van der Waals surface area contributed by atoms with Gasteiger partial charge in [0.2, 0.25) is 0 Å². The summed E-state index contributed by atoms with van der Waals surface area (Å²) in [6.45, 7) is 0. The van der Waals surface area contributed by atoms with Gasteiger partial charge in [0.05, 0.1) is 23.3 Å². The number of rotatable bonds is 8. The molecule has 4 saturated carbocycles. The minimum Gasteiger partial charge on any atom is -0.324 e. The molecule has 4 atom stereocenters. The Labute approximate surface area is 354 Å². The molecule has 5 aliphatic rings. The van der Waals surface area contributed by atoms with E-state index in [1.54, 1.807) is 0 Å². The quantitative estimate of drug-likeness (QED) is 0.164. The topological polar surface area (TPSA) is 123 Å². The highest BCUT2D eigenvalue weighted by Crippen LogP contribution is 2.93. The standard InChI is InChI=1S/C53H38N8/c54-30-36-25-38(21-23-42(36)50-58-46(32-13-5-1-6-14-32)56-47(59-50)33-15-7-2-8-16-33)52(44-28-40-27-41-29-45(52)53(40,41)44)39-22-24-43(37(26-39)31-55)51-60-48(34-17-9-3-10-18-34)57-49(61-51)35-19-11-4-12-20-35/h1-26,40-41,44-45,50H,27-29H2,(H,56,58,59). The average molecular weight is 787 g/mol. The maximum atomic E-state index is 10.9.